The molecule has 1 N–H and O–H groups in total. The van der Waals surface area contributed by atoms with Crippen LogP contribution in [0.25, 0.3) is 0 Å². The van der Waals surface area contributed by atoms with Crippen LogP contribution in [-0.2, 0) is 4.79 Å². The zero-order valence-corrected chi connectivity index (χ0v) is 6.71. The second kappa shape index (κ2) is 2.36. The van der Waals surface area contributed by atoms with Gasteiger partial charge >= 0.3 is 0 Å². The molecule has 0 aromatic rings. The first kappa shape index (κ1) is 6.89. The average Bonchev–Trinajstić information content (AvgIpc) is 2.32. The van der Waals surface area contributed by atoms with Crippen molar-refractivity contribution in [2.24, 2.45) is 17.8 Å². The number of rotatable bonds is 0. The van der Waals surface area contributed by atoms with Crippen LogP contribution in [0.5, 0.6) is 0 Å². The molecule has 1 fully saturated rings. The van der Waals surface area contributed by atoms with Crippen molar-refractivity contribution in [2.75, 3.05) is 6.54 Å². The van der Waals surface area contributed by atoms with E-state index in [4.69, 9.17) is 0 Å². The monoisotopic (exact) mass is 151 g/mol. The van der Waals surface area contributed by atoms with Crippen LogP contribution in [0.4, 0.5) is 0 Å². The normalized spacial score (nSPS) is 41.9. The molecular weight excluding hydrogens is 138 g/mol. The van der Waals surface area contributed by atoms with Crippen LogP contribution >= 0.6 is 0 Å². The highest BCUT2D eigenvalue weighted by atomic mass is 16.1. The van der Waals surface area contributed by atoms with Crippen LogP contribution in [0.1, 0.15) is 13.3 Å². The Morgan fingerprint density at radius 1 is 1.55 bits per heavy atom. The molecule has 2 aliphatic rings. The van der Waals surface area contributed by atoms with Crippen molar-refractivity contribution in [1.82, 2.24) is 5.32 Å². The Morgan fingerprint density at radius 2 is 2.36 bits per heavy atom. The van der Waals surface area contributed by atoms with Gasteiger partial charge < -0.3 is 5.32 Å². The highest BCUT2D eigenvalue weighted by Gasteiger charge is 2.33. The molecule has 3 unspecified atom stereocenters. The van der Waals surface area contributed by atoms with Crippen LogP contribution in [0.15, 0.2) is 12.2 Å². The van der Waals surface area contributed by atoms with Crippen molar-refractivity contribution in [3.63, 3.8) is 0 Å². The van der Waals surface area contributed by atoms with Gasteiger partial charge in [-0.2, -0.15) is 0 Å². The Labute approximate surface area is 66.7 Å². The minimum Gasteiger partial charge on any atom is -0.356 e. The molecule has 1 saturated heterocycles. The maximum absolute atomic E-state index is 11.0. The van der Waals surface area contributed by atoms with Crippen molar-refractivity contribution in [3.8, 4) is 0 Å². The summed E-state index contributed by atoms with van der Waals surface area (Å²) in [5.41, 5.74) is 0. The maximum atomic E-state index is 11.0. The summed E-state index contributed by atoms with van der Waals surface area (Å²) in [7, 11) is 0. The minimum absolute atomic E-state index is 0.213. The largest absolute Gasteiger partial charge is 0.356 e. The minimum atomic E-state index is 0.213. The summed E-state index contributed by atoms with van der Waals surface area (Å²) < 4.78 is 0. The lowest BCUT2D eigenvalue weighted by molar-refractivity contribution is -0.124. The molecule has 1 aliphatic carbocycles. The molecule has 0 saturated carbocycles. The molecule has 0 bridgehead atoms. The Balaban J connectivity index is 2.11. The van der Waals surface area contributed by atoms with Crippen LogP contribution in [-0.4, -0.2) is 12.5 Å². The van der Waals surface area contributed by atoms with E-state index in [1.807, 2.05) is 0 Å². The molecule has 2 heteroatoms. The first-order chi connectivity index (χ1) is 5.27. The van der Waals surface area contributed by atoms with E-state index in [1.54, 1.807) is 0 Å². The van der Waals surface area contributed by atoms with Crippen molar-refractivity contribution in [2.45, 2.75) is 13.3 Å². The van der Waals surface area contributed by atoms with E-state index in [1.165, 1.54) is 0 Å². The molecule has 0 aromatic heterocycles. The van der Waals surface area contributed by atoms with E-state index in [-0.39, 0.29) is 5.91 Å². The molecule has 1 aliphatic heterocycles. The molecule has 3 atom stereocenters. The SMILES string of the molecule is CC1C=CC2CC(=O)NCC12. The highest BCUT2D eigenvalue weighted by Crippen LogP contribution is 2.34. The van der Waals surface area contributed by atoms with Crippen molar-refractivity contribution in [1.29, 1.82) is 0 Å². The van der Waals surface area contributed by atoms with Gasteiger partial charge in [0.05, 0.1) is 0 Å². The number of allylic oxidation sites excluding steroid dienone is 2. The van der Waals surface area contributed by atoms with Crippen molar-refractivity contribution >= 4 is 5.91 Å². The van der Waals surface area contributed by atoms with Crippen LogP contribution in [0.3, 0.4) is 0 Å². The van der Waals surface area contributed by atoms with E-state index in [0.717, 1.165) is 6.54 Å². The lowest BCUT2D eigenvalue weighted by Crippen LogP contribution is -2.40. The van der Waals surface area contributed by atoms with Gasteiger partial charge in [0, 0.05) is 13.0 Å². The first-order valence-electron chi connectivity index (χ1n) is 4.22. The Hall–Kier alpha value is -0.790. The zero-order chi connectivity index (χ0) is 7.84. The predicted octanol–water partition coefficient (Wildman–Crippen LogP) is 0.945. The molecule has 2 nitrogen and oxygen atoms in total. The average molecular weight is 151 g/mol. The zero-order valence-electron chi connectivity index (χ0n) is 6.71. The van der Waals surface area contributed by atoms with E-state index >= 15 is 0 Å². The number of nitrogens with one attached hydrogen (secondary N) is 1. The van der Waals surface area contributed by atoms with Crippen LogP contribution in [0, 0.1) is 17.8 Å². The molecular formula is C9H13NO. The molecule has 1 amide bonds. The summed E-state index contributed by atoms with van der Waals surface area (Å²) >= 11 is 0. The summed E-state index contributed by atoms with van der Waals surface area (Å²) in [6.45, 7) is 3.09. The quantitative estimate of drug-likeness (QED) is 0.513. The number of carbonyl (C=O) groups excluding carboxylic acids is 1. The lowest BCUT2D eigenvalue weighted by Gasteiger charge is -2.27. The second-order valence-corrected chi connectivity index (χ2v) is 3.58. The molecule has 0 spiro atoms. The van der Waals surface area contributed by atoms with Gasteiger partial charge in [-0.1, -0.05) is 19.1 Å². The van der Waals surface area contributed by atoms with Gasteiger partial charge in [0.1, 0.15) is 0 Å². The Morgan fingerprint density at radius 3 is 3.18 bits per heavy atom. The molecule has 0 radical (unpaired) electrons. The van der Waals surface area contributed by atoms with Gasteiger partial charge in [0.2, 0.25) is 5.91 Å². The molecule has 60 valence electrons. The Kier molecular flexibility index (Phi) is 1.48. The second-order valence-electron chi connectivity index (χ2n) is 3.58. The van der Waals surface area contributed by atoms with Crippen molar-refractivity contribution in [3.05, 3.63) is 12.2 Å². The number of piperidine rings is 1. The standard InChI is InChI=1S/C9H13NO/c1-6-2-3-7-4-9(11)10-5-8(6)7/h2-3,6-8H,4-5H2,1H3,(H,10,11). The third-order valence-electron chi connectivity index (χ3n) is 2.84. The third-order valence-corrected chi connectivity index (χ3v) is 2.84. The van der Waals surface area contributed by atoms with Gasteiger partial charge in [0.15, 0.2) is 0 Å². The van der Waals surface area contributed by atoms with Crippen molar-refractivity contribution < 1.29 is 4.79 Å². The fraction of sp³-hybridized carbons (Fsp3) is 0.667. The fourth-order valence-electron chi connectivity index (χ4n) is 2.07. The van der Waals surface area contributed by atoms with E-state index in [2.05, 4.69) is 24.4 Å². The topological polar surface area (TPSA) is 29.1 Å². The summed E-state index contributed by atoms with van der Waals surface area (Å²) in [4.78, 5) is 11.0. The van der Waals surface area contributed by atoms with E-state index in [9.17, 15) is 4.79 Å². The maximum Gasteiger partial charge on any atom is 0.220 e. The summed E-state index contributed by atoms with van der Waals surface area (Å²) in [6, 6.07) is 0. The molecule has 11 heavy (non-hydrogen) atoms. The van der Waals surface area contributed by atoms with Gasteiger partial charge in [-0.15, -0.1) is 0 Å². The van der Waals surface area contributed by atoms with Crippen LogP contribution in [0.2, 0.25) is 0 Å². The van der Waals surface area contributed by atoms with Crippen LogP contribution < -0.4 is 5.32 Å². The molecule has 1 heterocycles. The third kappa shape index (κ3) is 1.06. The number of hydrogen-bond donors (Lipinski definition) is 1. The first-order valence-corrected chi connectivity index (χ1v) is 4.22. The smallest absolute Gasteiger partial charge is 0.220 e. The Bertz CT molecular complexity index is 210. The molecule has 0 aromatic carbocycles. The van der Waals surface area contributed by atoms with Gasteiger partial charge in [-0.05, 0) is 17.8 Å². The van der Waals surface area contributed by atoms with E-state index in [0.29, 0.717) is 24.2 Å². The van der Waals surface area contributed by atoms with Gasteiger partial charge in [-0.25, -0.2) is 0 Å². The summed E-state index contributed by atoms with van der Waals surface area (Å²) in [5.74, 6) is 2.07. The number of hydrogen-bond acceptors (Lipinski definition) is 1. The predicted molar refractivity (Wildman–Crippen MR) is 42.9 cm³/mol. The lowest BCUT2D eigenvalue weighted by atomic mass is 9.84. The van der Waals surface area contributed by atoms with Gasteiger partial charge in [0.25, 0.3) is 0 Å². The fourth-order valence-corrected chi connectivity index (χ4v) is 2.07. The number of fused-ring (bicyclic) bond motifs is 1. The van der Waals surface area contributed by atoms with E-state index < -0.39 is 0 Å². The summed E-state index contributed by atoms with van der Waals surface area (Å²) in [6.07, 6.45) is 5.13. The van der Waals surface area contributed by atoms with Gasteiger partial charge in [-0.3, -0.25) is 4.79 Å². The molecule has 2 rings (SSSR count). The highest BCUT2D eigenvalue weighted by molar-refractivity contribution is 5.77. The number of carbonyl (C=O) groups is 1. The summed E-state index contributed by atoms with van der Waals surface area (Å²) in [5, 5.41) is 2.90. The number of amides is 1.